The van der Waals surface area contributed by atoms with Crippen LogP contribution in [0.5, 0.6) is 0 Å². The summed E-state index contributed by atoms with van der Waals surface area (Å²) < 4.78 is 1.000. The summed E-state index contributed by atoms with van der Waals surface area (Å²) >= 11 is 3.39. The molecular formula is C21H25BrN2O2. The van der Waals surface area contributed by atoms with Crippen LogP contribution in [0.25, 0.3) is 0 Å². The second kappa shape index (κ2) is 8.49. The van der Waals surface area contributed by atoms with Crippen LogP contribution >= 0.6 is 15.9 Å². The summed E-state index contributed by atoms with van der Waals surface area (Å²) in [6.07, 6.45) is 0. The lowest BCUT2D eigenvalue weighted by Crippen LogP contribution is -2.37. The summed E-state index contributed by atoms with van der Waals surface area (Å²) in [7, 11) is 1.73. The summed E-state index contributed by atoms with van der Waals surface area (Å²) in [6, 6.07) is 15.3. The van der Waals surface area contributed by atoms with Crippen molar-refractivity contribution in [2.24, 2.45) is 0 Å². The average molecular weight is 417 g/mol. The van der Waals surface area contributed by atoms with Gasteiger partial charge in [0, 0.05) is 23.6 Å². The number of rotatable bonds is 5. The first-order valence-corrected chi connectivity index (χ1v) is 9.33. The number of benzene rings is 2. The van der Waals surface area contributed by atoms with E-state index in [-0.39, 0.29) is 23.8 Å². The highest BCUT2D eigenvalue weighted by Gasteiger charge is 2.15. The van der Waals surface area contributed by atoms with Gasteiger partial charge in [0.15, 0.2) is 0 Å². The number of hydrogen-bond donors (Lipinski definition) is 1. The zero-order chi connectivity index (χ0) is 19.3. The maximum absolute atomic E-state index is 12.2. The molecule has 0 aromatic heterocycles. The fourth-order valence-electron chi connectivity index (χ4n) is 2.47. The fraction of sp³-hybridized carbons (Fsp3) is 0.333. The minimum atomic E-state index is -0.240. The molecule has 2 aromatic carbocycles. The number of hydrogen-bond acceptors (Lipinski definition) is 2. The average Bonchev–Trinajstić information content (AvgIpc) is 2.60. The van der Waals surface area contributed by atoms with Gasteiger partial charge in [0.05, 0.1) is 6.54 Å². The van der Waals surface area contributed by atoms with Crippen molar-refractivity contribution in [1.29, 1.82) is 0 Å². The molecule has 1 N–H and O–H groups in total. The van der Waals surface area contributed by atoms with E-state index in [1.54, 1.807) is 24.1 Å². The summed E-state index contributed by atoms with van der Waals surface area (Å²) in [5.74, 6) is -0.372. The van der Waals surface area contributed by atoms with Gasteiger partial charge in [0.1, 0.15) is 0 Å². The number of carbonyl (C=O) groups is 2. The number of nitrogens with zero attached hydrogens (tertiary/aromatic N) is 1. The van der Waals surface area contributed by atoms with Crippen molar-refractivity contribution in [3.05, 3.63) is 69.7 Å². The minimum Gasteiger partial charge on any atom is -0.343 e. The lowest BCUT2D eigenvalue weighted by molar-refractivity contribution is -0.129. The van der Waals surface area contributed by atoms with E-state index >= 15 is 0 Å². The van der Waals surface area contributed by atoms with Crippen LogP contribution in [-0.2, 0) is 16.8 Å². The van der Waals surface area contributed by atoms with Crippen LogP contribution in [-0.4, -0.2) is 30.3 Å². The molecule has 0 atom stereocenters. The van der Waals surface area contributed by atoms with Gasteiger partial charge in [-0.15, -0.1) is 0 Å². The molecule has 0 aliphatic rings. The van der Waals surface area contributed by atoms with E-state index < -0.39 is 0 Å². The van der Waals surface area contributed by atoms with Gasteiger partial charge in [-0.3, -0.25) is 9.59 Å². The van der Waals surface area contributed by atoms with E-state index in [0.29, 0.717) is 12.1 Å². The maximum atomic E-state index is 12.2. The van der Waals surface area contributed by atoms with E-state index in [2.05, 4.69) is 42.0 Å². The van der Waals surface area contributed by atoms with Gasteiger partial charge >= 0.3 is 0 Å². The quantitative estimate of drug-likeness (QED) is 0.795. The molecule has 0 bridgehead atoms. The SMILES string of the molecule is CN(Cc1ccc(Br)cc1)C(=O)CNC(=O)c1ccc(C(C)(C)C)cc1. The Hall–Kier alpha value is -2.14. The predicted octanol–water partition coefficient (Wildman–Crippen LogP) is 4.14. The first-order chi connectivity index (χ1) is 12.2. The Morgan fingerprint density at radius 3 is 2.12 bits per heavy atom. The Morgan fingerprint density at radius 2 is 1.58 bits per heavy atom. The molecule has 4 nitrogen and oxygen atoms in total. The minimum absolute atomic E-state index is 0.0209. The summed E-state index contributed by atoms with van der Waals surface area (Å²) in [5, 5.41) is 2.70. The highest BCUT2D eigenvalue weighted by atomic mass is 79.9. The largest absolute Gasteiger partial charge is 0.343 e. The second-order valence-electron chi connectivity index (χ2n) is 7.39. The van der Waals surface area contributed by atoms with E-state index in [9.17, 15) is 9.59 Å². The van der Waals surface area contributed by atoms with E-state index in [0.717, 1.165) is 10.0 Å². The Bertz CT molecular complexity index is 762. The van der Waals surface area contributed by atoms with Gasteiger partial charge in [0.25, 0.3) is 5.91 Å². The molecule has 0 spiro atoms. The van der Waals surface area contributed by atoms with Gasteiger partial charge < -0.3 is 10.2 Å². The zero-order valence-corrected chi connectivity index (χ0v) is 17.3. The molecule has 26 heavy (non-hydrogen) atoms. The van der Waals surface area contributed by atoms with E-state index in [1.807, 2.05) is 36.4 Å². The van der Waals surface area contributed by atoms with Gasteiger partial charge in [-0.25, -0.2) is 0 Å². The van der Waals surface area contributed by atoms with E-state index in [1.165, 1.54) is 5.56 Å². The van der Waals surface area contributed by atoms with Gasteiger partial charge in [0.2, 0.25) is 5.91 Å². The summed E-state index contributed by atoms with van der Waals surface area (Å²) in [5.41, 5.74) is 2.80. The van der Waals surface area contributed by atoms with Crippen molar-refractivity contribution in [3.8, 4) is 0 Å². The molecule has 0 saturated heterocycles. The first-order valence-electron chi connectivity index (χ1n) is 8.54. The van der Waals surface area contributed by atoms with Crippen LogP contribution in [0.3, 0.4) is 0 Å². The number of nitrogens with one attached hydrogen (secondary N) is 1. The van der Waals surface area contributed by atoms with Crippen molar-refractivity contribution in [1.82, 2.24) is 10.2 Å². The number of halogens is 1. The normalized spacial score (nSPS) is 11.1. The highest BCUT2D eigenvalue weighted by Crippen LogP contribution is 2.22. The Kier molecular flexibility index (Phi) is 6.59. The monoisotopic (exact) mass is 416 g/mol. The smallest absolute Gasteiger partial charge is 0.251 e. The lowest BCUT2D eigenvalue weighted by Gasteiger charge is -2.19. The first kappa shape index (κ1) is 20.2. The van der Waals surface area contributed by atoms with Crippen molar-refractivity contribution in [2.75, 3.05) is 13.6 Å². The molecule has 2 aromatic rings. The van der Waals surface area contributed by atoms with Crippen molar-refractivity contribution < 1.29 is 9.59 Å². The molecule has 2 rings (SSSR count). The topological polar surface area (TPSA) is 49.4 Å². The van der Waals surface area contributed by atoms with Crippen LogP contribution in [0.4, 0.5) is 0 Å². The second-order valence-corrected chi connectivity index (χ2v) is 8.30. The van der Waals surface area contributed by atoms with Crippen molar-refractivity contribution in [3.63, 3.8) is 0 Å². The molecule has 2 amide bonds. The maximum Gasteiger partial charge on any atom is 0.251 e. The molecule has 0 aliphatic heterocycles. The lowest BCUT2D eigenvalue weighted by atomic mass is 9.87. The molecule has 0 radical (unpaired) electrons. The standard InChI is InChI=1S/C21H25BrN2O2/c1-21(2,3)17-9-7-16(8-10-17)20(26)23-13-19(25)24(4)14-15-5-11-18(22)12-6-15/h5-12H,13-14H2,1-4H3,(H,23,26). The van der Waals surface area contributed by atoms with Gasteiger partial charge in [-0.2, -0.15) is 0 Å². The third-order valence-electron chi connectivity index (χ3n) is 4.17. The zero-order valence-electron chi connectivity index (χ0n) is 15.7. The van der Waals surface area contributed by atoms with Crippen molar-refractivity contribution >= 4 is 27.7 Å². The number of carbonyl (C=O) groups excluding carboxylic acids is 2. The molecule has 0 fully saturated rings. The van der Waals surface area contributed by atoms with Crippen LogP contribution in [0.1, 0.15) is 42.3 Å². The molecule has 0 aliphatic carbocycles. The summed E-state index contributed by atoms with van der Waals surface area (Å²) in [6.45, 7) is 6.86. The molecule has 0 unspecified atom stereocenters. The fourth-order valence-corrected chi connectivity index (χ4v) is 2.73. The Labute approximate surface area is 163 Å². The highest BCUT2D eigenvalue weighted by molar-refractivity contribution is 9.10. The van der Waals surface area contributed by atoms with Crippen LogP contribution in [0.2, 0.25) is 0 Å². The Morgan fingerprint density at radius 1 is 1.00 bits per heavy atom. The van der Waals surface area contributed by atoms with E-state index in [4.69, 9.17) is 0 Å². The molecule has 0 heterocycles. The van der Waals surface area contributed by atoms with Crippen LogP contribution in [0, 0.1) is 0 Å². The third kappa shape index (κ3) is 5.70. The Balaban J connectivity index is 1.87. The molecule has 0 saturated carbocycles. The third-order valence-corrected chi connectivity index (χ3v) is 4.70. The number of amides is 2. The molecule has 5 heteroatoms. The van der Waals surface area contributed by atoms with Crippen LogP contribution in [0.15, 0.2) is 53.0 Å². The van der Waals surface area contributed by atoms with Gasteiger partial charge in [-0.1, -0.05) is 61.0 Å². The van der Waals surface area contributed by atoms with Crippen molar-refractivity contribution in [2.45, 2.75) is 32.7 Å². The van der Waals surface area contributed by atoms with Crippen LogP contribution < -0.4 is 5.32 Å². The number of likely N-dealkylation sites (N-methyl/N-ethyl adjacent to an activating group) is 1. The molecular weight excluding hydrogens is 392 g/mol. The molecule has 138 valence electrons. The summed E-state index contributed by atoms with van der Waals surface area (Å²) in [4.78, 5) is 26.1. The predicted molar refractivity (Wildman–Crippen MR) is 108 cm³/mol. The van der Waals surface area contributed by atoms with Gasteiger partial charge in [-0.05, 0) is 40.8 Å².